The maximum atomic E-state index is 12.2. The van der Waals surface area contributed by atoms with Gasteiger partial charge in [-0.3, -0.25) is 14.7 Å². The molecule has 0 atom stereocenters. The summed E-state index contributed by atoms with van der Waals surface area (Å²) in [6.45, 7) is 3.31. The van der Waals surface area contributed by atoms with Crippen LogP contribution in [0, 0.1) is 0 Å². The van der Waals surface area contributed by atoms with Gasteiger partial charge in [0, 0.05) is 17.6 Å². The number of aromatic nitrogens is 1. The topological polar surface area (TPSA) is 45.2 Å². The summed E-state index contributed by atoms with van der Waals surface area (Å²) in [5.41, 5.74) is 0.731. The first-order valence-electron chi connectivity index (χ1n) is 7.84. The van der Waals surface area contributed by atoms with Gasteiger partial charge < -0.3 is 5.32 Å². The summed E-state index contributed by atoms with van der Waals surface area (Å²) in [6, 6.07) is 7.66. The predicted molar refractivity (Wildman–Crippen MR) is 90.3 cm³/mol. The van der Waals surface area contributed by atoms with Gasteiger partial charge in [-0.25, -0.2) is 0 Å². The Hall–Kier alpha value is -1.72. The average molecular weight is 315 g/mol. The summed E-state index contributed by atoms with van der Waals surface area (Å²) in [5.74, 6) is -0.0554. The Morgan fingerprint density at radius 1 is 1.18 bits per heavy atom. The Bertz CT molecular complexity index is 603. The molecule has 0 unspecified atom stereocenters. The van der Waals surface area contributed by atoms with E-state index in [1.165, 1.54) is 43.6 Å². The summed E-state index contributed by atoms with van der Waals surface area (Å²) in [5, 5.41) is 2.88. The third kappa shape index (κ3) is 4.15. The Morgan fingerprint density at radius 3 is 2.73 bits per heavy atom. The molecule has 2 aromatic heterocycles. The molecule has 3 heterocycles. The number of rotatable bonds is 4. The van der Waals surface area contributed by atoms with Gasteiger partial charge in [0.15, 0.2) is 0 Å². The minimum absolute atomic E-state index is 0.0554. The van der Waals surface area contributed by atoms with Gasteiger partial charge in [0.1, 0.15) is 0 Å². The maximum absolute atomic E-state index is 12.2. The van der Waals surface area contributed by atoms with E-state index in [1.807, 2.05) is 18.2 Å². The van der Waals surface area contributed by atoms with Crippen molar-refractivity contribution in [1.82, 2.24) is 9.88 Å². The summed E-state index contributed by atoms with van der Waals surface area (Å²) in [4.78, 5) is 20.8. The van der Waals surface area contributed by atoms with Gasteiger partial charge in [0.25, 0.3) is 5.91 Å². The van der Waals surface area contributed by atoms with Gasteiger partial charge in [-0.15, -0.1) is 11.3 Å². The van der Waals surface area contributed by atoms with E-state index in [1.54, 1.807) is 23.7 Å². The number of carbonyl (C=O) groups excluding carboxylic acids is 1. The van der Waals surface area contributed by atoms with Crippen LogP contribution in [-0.4, -0.2) is 28.9 Å². The number of thiophene rings is 1. The fourth-order valence-corrected chi connectivity index (χ4v) is 3.67. The monoisotopic (exact) mass is 315 g/mol. The largest absolute Gasteiger partial charge is 0.320 e. The molecular weight excluding hydrogens is 294 g/mol. The molecule has 116 valence electrons. The van der Waals surface area contributed by atoms with Gasteiger partial charge in [0.05, 0.1) is 16.8 Å². The van der Waals surface area contributed by atoms with Crippen LogP contribution in [0.25, 0.3) is 0 Å². The molecule has 0 spiro atoms. The fourth-order valence-electron chi connectivity index (χ4n) is 2.73. The van der Waals surface area contributed by atoms with Crippen molar-refractivity contribution in [3.05, 3.63) is 46.4 Å². The van der Waals surface area contributed by atoms with Gasteiger partial charge in [0.2, 0.25) is 0 Å². The van der Waals surface area contributed by atoms with E-state index in [9.17, 15) is 4.79 Å². The van der Waals surface area contributed by atoms with Crippen molar-refractivity contribution in [1.29, 1.82) is 0 Å². The Kier molecular flexibility index (Phi) is 5.19. The molecular formula is C17H21N3OS. The molecule has 2 aromatic rings. The highest BCUT2D eigenvalue weighted by Gasteiger charge is 2.13. The van der Waals surface area contributed by atoms with Crippen LogP contribution in [0.15, 0.2) is 36.7 Å². The second-order valence-corrected chi connectivity index (χ2v) is 6.82. The van der Waals surface area contributed by atoms with Crippen LogP contribution in [0.4, 0.5) is 5.69 Å². The van der Waals surface area contributed by atoms with Crippen LogP contribution in [-0.2, 0) is 6.54 Å². The highest BCUT2D eigenvalue weighted by atomic mass is 32.1. The van der Waals surface area contributed by atoms with Gasteiger partial charge in [-0.1, -0.05) is 12.8 Å². The molecule has 0 radical (unpaired) electrons. The predicted octanol–water partition coefficient (Wildman–Crippen LogP) is 3.77. The van der Waals surface area contributed by atoms with Crippen molar-refractivity contribution in [2.75, 3.05) is 18.4 Å². The van der Waals surface area contributed by atoms with E-state index < -0.39 is 0 Å². The maximum Gasteiger partial charge on any atom is 0.265 e. The van der Waals surface area contributed by atoms with Gasteiger partial charge in [-0.05, 0) is 50.2 Å². The first-order valence-corrected chi connectivity index (χ1v) is 8.65. The molecule has 1 N–H and O–H groups in total. The van der Waals surface area contributed by atoms with Crippen molar-refractivity contribution in [2.45, 2.75) is 32.2 Å². The van der Waals surface area contributed by atoms with E-state index in [2.05, 4.69) is 21.3 Å². The van der Waals surface area contributed by atoms with Crippen LogP contribution in [0.5, 0.6) is 0 Å². The molecule has 1 saturated heterocycles. The number of hydrogen-bond donors (Lipinski definition) is 1. The van der Waals surface area contributed by atoms with Crippen LogP contribution < -0.4 is 5.32 Å². The standard InChI is InChI=1S/C17H21N3OS/c21-17(19-14-6-5-9-18-12-14)16-8-7-15(22-16)13-20-10-3-1-2-4-11-20/h5-9,12H,1-4,10-11,13H2,(H,19,21). The van der Waals surface area contributed by atoms with Gasteiger partial charge in [-0.2, -0.15) is 0 Å². The number of amides is 1. The van der Waals surface area contributed by atoms with Crippen LogP contribution in [0.1, 0.15) is 40.2 Å². The molecule has 0 bridgehead atoms. The summed E-state index contributed by atoms with van der Waals surface area (Å²) in [7, 11) is 0. The summed E-state index contributed by atoms with van der Waals surface area (Å²) < 4.78 is 0. The fraction of sp³-hybridized carbons (Fsp3) is 0.412. The van der Waals surface area contributed by atoms with Crippen molar-refractivity contribution in [3.8, 4) is 0 Å². The van der Waals surface area contributed by atoms with Crippen LogP contribution >= 0.6 is 11.3 Å². The number of pyridine rings is 1. The van der Waals surface area contributed by atoms with E-state index >= 15 is 0 Å². The Morgan fingerprint density at radius 2 is 2.00 bits per heavy atom. The molecule has 1 aliphatic heterocycles. The van der Waals surface area contributed by atoms with E-state index in [0.29, 0.717) is 0 Å². The lowest BCUT2D eigenvalue weighted by atomic mass is 10.2. The second kappa shape index (κ2) is 7.51. The Labute approximate surface area is 135 Å². The van der Waals surface area contributed by atoms with Crippen molar-refractivity contribution in [3.63, 3.8) is 0 Å². The third-order valence-electron chi connectivity index (χ3n) is 3.88. The number of nitrogens with one attached hydrogen (secondary N) is 1. The number of hydrogen-bond acceptors (Lipinski definition) is 4. The minimum Gasteiger partial charge on any atom is -0.320 e. The first kappa shape index (κ1) is 15.2. The smallest absolute Gasteiger partial charge is 0.265 e. The lowest BCUT2D eigenvalue weighted by Gasteiger charge is -2.18. The van der Waals surface area contributed by atoms with Crippen LogP contribution in [0.2, 0.25) is 0 Å². The summed E-state index contributed by atoms with van der Waals surface area (Å²) >= 11 is 1.59. The number of nitrogens with zero attached hydrogens (tertiary/aromatic N) is 2. The second-order valence-electron chi connectivity index (χ2n) is 5.65. The quantitative estimate of drug-likeness (QED) is 0.934. The lowest BCUT2D eigenvalue weighted by Crippen LogP contribution is -2.23. The molecule has 0 aliphatic carbocycles. The minimum atomic E-state index is -0.0554. The number of likely N-dealkylation sites (tertiary alicyclic amines) is 1. The number of anilines is 1. The highest BCUT2D eigenvalue weighted by molar-refractivity contribution is 7.14. The molecule has 1 fully saturated rings. The zero-order valence-corrected chi connectivity index (χ0v) is 13.4. The molecule has 0 saturated carbocycles. The molecule has 5 heteroatoms. The van der Waals surface area contributed by atoms with Crippen LogP contribution in [0.3, 0.4) is 0 Å². The normalized spacial score (nSPS) is 16.2. The van der Waals surface area contributed by atoms with Crippen molar-refractivity contribution in [2.24, 2.45) is 0 Å². The first-order chi connectivity index (χ1) is 10.8. The third-order valence-corrected chi connectivity index (χ3v) is 4.95. The molecule has 22 heavy (non-hydrogen) atoms. The van der Waals surface area contributed by atoms with E-state index in [0.717, 1.165) is 17.1 Å². The van der Waals surface area contributed by atoms with Crippen molar-refractivity contribution >= 4 is 22.9 Å². The van der Waals surface area contributed by atoms with E-state index in [4.69, 9.17) is 0 Å². The lowest BCUT2D eigenvalue weighted by molar-refractivity contribution is 0.103. The summed E-state index contributed by atoms with van der Waals surface area (Å²) in [6.07, 6.45) is 8.63. The molecule has 1 aliphatic rings. The van der Waals surface area contributed by atoms with Gasteiger partial charge >= 0.3 is 0 Å². The number of carbonyl (C=O) groups is 1. The molecule has 3 rings (SSSR count). The Balaban J connectivity index is 1.59. The highest BCUT2D eigenvalue weighted by Crippen LogP contribution is 2.21. The zero-order valence-electron chi connectivity index (χ0n) is 12.6. The van der Waals surface area contributed by atoms with Crippen molar-refractivity contribution < 1.29 is 4.79 Å². The zero-order chi connectivity index (χ0) is 15.2. The SMILES string of the molecule is O=C(Nc1cccnc1)c1ccc(CN2CCCCCC2)s1. The van der Waals surface area contributed by atoms with E-state index in [-0.39, 0.29) is 5.91 Å². The molecule has 4 nitrogen and oxygen atoms in total. The molecule has 1 amide bonds. The average Bonchev–Trinajstić information content (AvgIpc) is 2.85. The molecule has 0 aromatic carbocycles.